The minimum atomic E-state index is -4.91. The molecule has 0 aliphatic heterocycles. The quantitative estimate of drug-likeness (QED) is 0.241. The maximum atomic E-state index is 14.0. The third kappa shape index (κ3) is 8.52. The van der Waals surface area contributed by atoms with Crippen LogP contribution in [0.3, 0.4) is 0 Å². The van der Waals surface area contributed by atoms with E-state index in [0.29, 0.717) is 28.7 Å². The molecule has 4 aromatic rings. The predicted molar refractivity (Wildman–Crippen MR) is 160 cm³/mol. The number of alkyl halides is 3. The van der Waals surface area contributed by atoms with Crippen LogP contribution in [0.5, 0.6) is 11.5 Å². The fraction of sp³-hybridized carbons (Fsp3) is 0.312. The molecule has 0 aliphatic carbocycles. The van der Waals surface area contributed by atoms with E-state index in [1.807, 2.05) is 0 Å². The summed E-state index contributed by atoms with van der Waals surface area (Å²) in [6.07, 6.45) is -2.51. The zero-order valence-corrected chi connectivity index (χ0v) is 26.0. The van der Waals surface area contributed by atoms with E-state index in [1.54, 1.807) is 67.5 Å². The third-order valence-corrected chi connectivity index (χ3v) is 6.53. The number of aryl methyl sites for hydroxylation is 1. The highest BCUT2D eigenvalue weighted by molar-refractivity contribution is 5.93. The maximum absolute atomic E-state index is 14.0. The van der Waals surface area contributed by atoms with Gasteiger partial charge in [-0.15, -0.1) is 4.99 Å². The number of rotatable bonds is 8. The zero-order chi connectivity index (χ0) is 33.8. The lowest BCUT2D eigenvalue weighted by Gasteiger charge is -2.17. The van der Waals surface area contributed by atoms with Crippen molar-refractivity contribution in [1.29, 1.82) is 0 Å². The van der Waals surface area contributed by atoms with Crippen LogP contribution < -0.4 is 20.4 Å². The molecule has 1 N–H and O–H groups in total. The summed E-state index contributed by atoms with van der Waals surface area (Å²) >= 11 is 0. The standard InChI is InChI=1S/C32H33F4N5O5/c1-31(2,3)46-30(43)39-29-40(4)9-10-41(29)18-20-13-26(24-8-7-21(33)15-25(24)32(34,35)36)38-27(14-20)28(42)37-17-19-11-22(44-5)16-23(12-19)45-6/h7-16H,17-18H2,1-6H3,(H,37,42)/b39-29-. The summed E-state index contributed by atoms with van der Waals surface area (Å²) in [7, 11) is 4.61. The Balaban J connectivity index is 1.77. The number of hydrogen-bond acceptors (Lipinski definition) is 6. The van der Waals surface area contributed by atoms with Gasteiger partial charge in [0, 0.05) is 37.6 Å². The molecule has 0 aliphatic rings. The number of carbonyl (C=O) groups is 2. The van der Waals surface area contributed by atoms with E-state index in [0.717, 1.165) is 12.1 Å². The highest BCUT2D eigenvalue weighted by Gasteiger charge is 2.35. The van der Waals surface area contributed by atoms with Gasteiger partial charge in [0.25, 0.3) is 5.91 Å². The van der Waals surface area contributed by atoms with E-state index < -0.39 is 40.7 Å². The van der Waals surface area contributed by atoms with Crippen molar-refractivity contribution in [1.82, 2.24) is 19.4 Å². The average Bonchev–Trinajstić information content (AvgIpc) is 3.31. The number of carbonyl (C=O) groups excluding carboxylic acids is 2. The first-order chi connectivity index (χ1) is 21.6. The third-order valence-electron chi connectivity index (χ3n) is 6.53. The van der Waals surface area contributed by atoms with Crippen molar-refractivity contribution < 1.29 is 41.4 Å². The van der Waals surface area contributed by atoms with Crippen LogP contribution in [0.25, 0.3) is 11.3 Å². The Morgan fingerprint density at radius 2 is 1.61 bits per heavy atom. The van der Waals surface area contributed by atoms with Crippen LogP contribution in [0.2, 0.25) is 0 Å². The molecule has 0 radical (unpaired) electrons. The first-order valence-corrected chi connectivity index (χ1v) is 13.9. The van der Waals surface area contributed by atoms with Crippen LogP contribution in [0.1, 0.15) is 48.0 Å². The summed E-state index contributed by atoms with van der Waals surface area (Å²) < 4.78 is 74.9. The Morgan fingerprint density at radius 1 is 0.935 bits per heavy atom. The molecular formula is C32H33F4N5O5. The van der Waals surface area contributed by atoms with E-state index in [-0.39, 0.29) is 30.1 Å². The van der Waals surface area contributed by atoms with E-state index in [2.05, 4.69) is 15.3 Å². The lowest BCUT2D eigenvalue weighted by Crippen LogP contribution is -2.29. The van der Waals surface area contributed by atoms with Crippen molar-refractivity contribution in [3.05, 3.63) is 94.7 Å². The van der Waals surface area contributed by atoms with Crippen molar-refractivity contribution in [2.24, 2.45) is 12.0 Å². The van der Waals surface area contributed by atoms with Gasteiger partial charge in [-0.05, 0) is 74.4 Å². The molecular weight excluding hydrogens is 610 g/mol. The molecule has 0 bridgehead atoms. The van der Waals surface area contributed by atoms with Gasteiger partial charge >= 0.3 is 12.3 Å². The Hall–Kier alpha value is -5.14. The van der Waals surface area contributed by atoms with E-state index in [9.17, 15) is 27.2 Å². The first kappa shape index (κ1) is 33.7. The second-order valence-corrected chi connectivity index (χ2v) is 11.3. The number of nitrogens with one attached hydrogen (secondary N) is 1. The smallest absolute Gasteiger partial charge is 0.437 e. The van der Waals surface area contributed by atoms with Gasteiger partial charge in [0.15, 0.2) is 0 Å². The molecule has 2 amide bonds. The van der Waals surface area contributed by atoms with Gasteiger partial charge in [0.05, 0.1) is 32.0 Å². The fourth-order valence-electron chi connectivity index (χ4n) is 4.49. The molecule has 244 valence electrons. The minimum absolute atomic E-state index is 0.0182. The Bertz CT molecular complexity index is 1800. The highest BCUT2D eigenvalue weighted by Crippen LogP contribution is 2.37. The number of pyridine rings is 1. The van der Waals surface area contributed by atoms with Crippen LogP contribution in [-0.2, 0) is 31.1 Å². The molecule has 14 heteroatoms. The first-order valence-electron chi connectivity index (χ1n) is 13.9. The highest BCUT2D eigenvalue weighted by atomic mass is 19.4. The number of imidazole rings is 1. The van der Waals surface area contributed by atoms with Gasteiger partial charge < -0.3 is 28.7 Å². The number of halogens is 4. The van der Waals surface area contributed by atoms with Crippen molar-refractivity contribution in [3.8, 4) is 22.8 Å². The van der Waals surface area contributed by atoms with E-state index in [1.165, 1.54) is 26.4 Å². The van der Waals surface area contributed by atoms with Gasteiger partial charge in [0.2, 0.25) is 5.62 Å². The van der Waals surface area contributed by atoms with Crippen LogP contribution in [0.4, 0.5) is 22.4 Å². The minimum Gasteiger partial charge on any atom is -0.497 e. The topological polar surface area (TPSA) is 109 Å². The average molecular weight is 644 g/mol. The maximum Gasteiger partial charge on any atom is 0.437 e. The fourth-order valence-corrected chi connectivity index (χ4v) is 4.49. The second-order valence-electron chi connectivity index (χ2n) is 11.3. The van der Waals surface area contributed by atoms with Gasteiger partial charge in [-0.3, -0.25) is 4.79 Å². The van der Waals surface area contributed by atoms with Crippen LogP contribution in [-0.4, -0.2) is 45.9 Å². The molecule has 4 rings (SSSR count). The summed E-state index contributed by atoms with van der Waals surface area (Å²) in [4.78, 5) is 34.1. The lowest BCUT2D eigenvalue weighted by atomic mass is 10.0. The van der Waals surface area contributed by atoms with Crippen molar-refractivity contribution in [2.75, 3.05) is 14.2 Å². The molecule has 2 heterocycles. The molecule has 46 heavy (non-hydrogen) atoms. The molecule has 2 aromatic carbocycles. The van der Waals surface area contributed by atoms with Crippen molar-refractivity contribution in [2.45, 2.75) is 45.6 Å². The summed E-state index contributed by atoms with van der Waals surface area (Å²) in [5.74, 6) is -0.770. The number of nitrogens with zero attached hydrogens (tertiary/aromatic N) is 4. The molecule has 10 nitrogen and oxygen atoms in total. The van der Waals surface area contributed by atoms with Gasteiger partial charge in [-0.25, -0.2) is 14.2 Å². The lowest BCUT2D eigenvalue weighted by molar-refractivity contribution is -0.137. The number of amides is 2. The van der Waals surface area contributed by atoms with Crippen LogP contribution >= 0.6 is 0 Å². The SMILES string of the molecule is COc1cc(CNC(=O)c2cc(Cn3ccn(C)/c3=N/C(=O)OC(C)(C)C)cc(-c3ccc(F)cc3C(F)(F)F)n2)cc(OC)c1. The Labute approximate surface area is 262 Å². The number of methoxy groups -OCH3 is 2. The summed E-state index contributed by atoms with van der Waals surface area (Å²) in [6, 6.07) is 10.0. The molecule has 2 aromatic heterocycles. The van der Waals surface area contributed by atoms with Gasteiger partial charge in [-0.1, -0.05) is 0 Å². The molecule has 0 atom stereocenters. The Morgan fingerprint density at radius 3 is 2.22 bits per heavy atom. The van der Waals surface area contributed by atoms with Crippen molar-refractivity contribution in [3.63, 3.8) is 0 Å². The van der Waals surface area contributed by atoms with Gasteiger partial charge in [0.1, 0.15) is 28.6 Å². The van der Waals surface area contributed by atoms with Gasteiger partial charge in [-0.2, -0.15) is 13.2 Å². The zero-order valence-electron chi connectivity index (χ0n) is 26.0. The van der Waals surface area contributed by atoms with Crippen LogP contribution in [0.15, 0.2) is 65.9 Å². The van der Waals surface area contributed by atoms with E-state index >= 15 is 0 Å². The van der Waals surface area contributed by atoms with Crippen molar-refractivity contribution >= 4 is 12.0 Å². The largest absolute Gasteiger partial charge is 0.497 e. The molecule has 0 unspecified atom stereocenters. The number of benzene rings is 2. The Kier molecular flexibility index (Phi) is 9.88. The molecule has 0 saturated carbocycles. The molecule has 0 fully saturated rings. The number of ether oxygens (including phenoxy) is 3. The van der Waals surface area contributed by atoms with E-state index in [4.69, 9.17) is 14.2 Å². The monoisotopic (exact) mass is 643 g/mol. The second kappa shape index (κ2) is 13.5. The number of aromatic nitrogens is 3. The van der Waals surface area contributed by atoms with Crippen LogP contribution in [0, 0.1) is 5.82 Å². The molecule has 0 saturated heterocycles. The normalized spacial score (nSPS) is 12.2. The predicted octanol–water partition coefficient (Wildman–Crippen LogP) is 5.88. The summed E-state index contributed by atoms with van der Waals surface area (Å²) in [5.41, 5.74) is -1.69. The summed E-state index contributed by atoms with van der Waals surface area (Å²) in [5, 5.41) is 2.72. The number of hydrogen-bond donors (Lipinski definition) is 1. The summed E-state index contributed by atoms with van der Waals surface area (Å²) in [6.45, 7) is 5.08. The molecule has 0 spiro atoms.